The van der Waals surface area contributed by atoms with Crippen LogP contribution in [0.5, 0.6) is 0 Å². The lowest BCUT2D eigenvalue weighted by molar-refractivity contribution is 0.368. The standard InChI is InChI=1S/C11H21N5O2S/c1-16-10(8-13-15-16)19(17,18)14-9-11(12)6-4-2-3-5-7-11/h8,14H,2-7,9,12H2,1H3. The number of aromatic nitrogens is 3. The maximum absolute atomic E-state index is 12.1. The van der Waals surface area contributed by atoms with Gasteiger partial charge in [-0.05, 0) is 12.8 Å². The second-order valence-corrected chi connectivity index (χ2v) is 7.01. The van der Waals surface area contributed by atoms with Crippen molar-refractivity contribution in [3.8, 4) is 0 Å². The zero-order chi connectivity index (χ0) is 13.9. The Morgan fingerprint density at radius 2 is 2.00 bits per heavy atom. The molecule has 1 aromatic rings. The van der Waals surface area contributed by atoms with Crippen molar-refractivity contribution in [3.05, 3.63) is 6.20 Å². The van der Waals surface area contributed by atoms with Gasteiger partial charge < -0.3 is 5.73 Å². The second-order valence-electron chi connectivity index (χ2n) is 5.30. The number of nitrogens with zero attached hydrogens (tertiary/aromatic N) is 3. The van der Waals surface area contributed by atoms with Crippen molar-refractivity contribution in [2.45, 2.75) is 49.1 Å². The first-order valence-electron chi connectivity index (χ1n) is 6.56. The van der Waals surface area contributed by atoms with Crippen LogP contribution in [-0.4, -0.2) is 35.5 Å². The van der Waals surface area contributed by atoms with Crippen LogP contribution in [0.15, 0.2) is 11.2 Å². The topological polar surface area (TPSA) is 103 Å². The van der Waals surface area contributed by atoms with Crippen LogP contribution in [0.1, 0.15) is 38.5 Å². The van der Waals surface area contributed by atoms with Gasteiger partial charge in [0.2, 0.25) is 0 Å². The molecule has 0 atom stereocenters. The molecule has 1 heterocycles. The number of rotatable bonds is 4. The lowest BCUT2D eigenvalue weighted by Crippen LogP contribution is -2.49. The smallest absolute Gasteiger partial charge is 0.259 e. The maximum atomic E-state index is 12.1. The monoisotopic (exact) mass is 287 g/mol. The van der Waals surface area contributed by atoms with Gasteiger partial charge in [0.1, 0.15) is 0 Å². The van der Waals surface area contributed by atoms with Crippen LogP contribution in [-0.2, 0) is 17.1 Å². The van der Waals surface area contributed by atoms with Crippen molar-refractivity contribution in [1.29, 1.82) is 0 Å². The summed E-state index contributed by atoms with van der Waals surface area (Å²) in [6, 6.07) is 0. The van der Waals surface area contributed by atoms with E-state index in [1.54, 1.807) is 7.05 Å². The first kappa shape index (κ1) is 14.4. The first-order chi connectivity index (χ1) is 8.93. The van der Waals surface area contributed by atoms with E-state index in [2.05, 4.69) is 15.0 Å². The molecule has 1 fully saturated rings. The Morgan fingerprint density at radius 3 is 2.53 bits per heavy atom. The largest absolute Gasteiger partial charge is 0.324 e. The summed E-state index contributed by atoms with van der Waals surface area (Å²) in [5.74, 6) is 0. The third kappa shape index (κ3) is 3.52. The van der Waals surface area contributed by atoms with Crippen molar-refractivity contribution in [3.63, 3.8) is 0 Å². The summed E-state index contributed by atoms with van der Waals surface area (Å²) in [5.41, 5.74) is 5.86. The van der Waals surface area contributed by atoms with Crippen LogP contribution in [0, 0.1) is 0 Å². The highest BCUT2D eigenvalue weighted by Crippen LogP contribution is 2.24. The van der Waals surface area contributed by atoms with Crippen LogP contribution >= 0.6 is 0 Å². The Bertz CT molecular complexity index is 517. The predicted octanol–water partition coefficient (Wildman–Crippen LogP) is 0.145. The van der Waals surface area contributed by atoms with Gasteiger partial charge in [-0.3, -0.25) is 0 Å². The van der Waals surface area contributed by atoms with Gasteiger partial charge in [-0.1, -0.05) is 30.9 Å². The number of hydrogen-bond donors (Lipinski definition) is 2. The van der Waals surface area contributed by atoms with Crippen LogP contribution in [0.4, 0.5) is 0 Å². The fourth-order valence-electron chi connectivity index (χ4n) is 2.45. The van der Waals surface area contributed by atoms with E-state index in [9.17, 15) is 8.42 Å². The molecule has 0 radical (unpaired) electrons. The van der Waals surface area contributed by atoms with Gasteiger partial charge in [0, 0.05) is 19.1 Å². The molecule has 0 spiro atoms. The molecule has 0 amide bonds. The quantitative estimate of drug-likeness (QED) is 0.767. The molecule has 1 aliphatic rings. The van der Waals surface area contributed by atoms with Gasteiger partial charge in [-0.15, -0.1) is 5.10 Å². The molecule has 0 aromatic carbocycles. The molecule has 3 N–H and O–H groups in total. The predicted molar refractivity (Wildman–Crippen MR) is 70.8 cm³/mol. The van der Waals surface area contributed by atoms with E-state index in [0.29, 0.717) is 0 Å². The van der Waals surface area contributed by atoms with E-state index in [-0.39, 0.29) is 11.6 Å². The van der Waals surface area contributed by atoms with Crippen molar-refractivity contribution in [2.75, 3.05) is 6.54 Å². The van der Waals surface area contributed by atoms with E-state index in [4.69, 9.17) is 5.73 Å². The minimum absolute atomic E-state index is 0.0599. The van der Waals surface area contributed by atoms with E-state index in [0.717, 1.165) is 25.7 Å². The van der Waals surface area contributed by atoms with Crippen LogP contribution in [0.3, 0.4) is 0 Å². The summed E-state index contributed by atoms with van der Waals surface area (Å²) in [6.07, 6.45) is 7.43. The average Bonchev–Trinajstić information content (AvgIpc) is 2.67. The van der Waals surface area contributed by atoms with E-state index >= 15 is 0 Å². The van der Waals surface area contributed by atoms with Gasteiger partial charge in [-0.25, -0.2) is 17.8 Å². The zero-order valence-electron chi connectivity index (χ0n) is 11.2. The van der Waals surface area contributed by atoms with E-state index < -0.39 is 15.6 Å². The SMILES string of the molecule is Cn1nncc1S(=O)(=O)NCC1(N)CCCCCC1. The lowest BCUT2D eigenvalue weighted by atomic mass is 9.92. The van der Waals surface area contributed by atoms with Gasteiger partial charge in [0.25, 0.3) is 10.0 Å². The van der Waals surface area contributed by atoms with E-state index in [1.165, 1.54) is 23.7 Å². The number of nitrogens with one attached hydrogen (secondary N) is 1. The minimum Gasteiger partial charge on any atom is -0.324 e. The molecule has 0 saturated heterocycles. The molecule has 0 bridgehead atoms. The van der Waals surface area contributed by atoms with Gasteiger partial charge in [-0.2, -0.15) is 0 Å². The summed E-state index contributed by atoms with van der Waals surface area (Å²) >= 11 is 0. The third-order valence-electron chi connectivity index (χ3n) is 3.66. The van der Waals surface area contributed by atoms with Gasteiger partial charge >= 0.3 is 0 Å². The molecule has 0 aliphatic heterocycles. The fraction of sp³-hybridized carbons (Fsp3) is 0.818. The summed E-state index contributed by atoms with van der Waals surface area (Å²) in [7, 11) is -2.04. The van der Waals surface area contributed by atoms with Crippen molar-refractivity contribution < 1.29 is 8.42 Å². The van der Waals surface area contributed by atoms with Gasteiger partial charge in [0.05, 0.1) is 6.20 Å². The van der Waals surface area contributed by atoms with Crippen molar-refractivity contribution in [1.82, 2.24) is 19.7 Å². The molecular weight excluding hydrogens is 266 g/mol. The average molecular weight is 287 g/mol. The number of nitrogens with two attached hydrogens (primary N) is 1. The van der Waals surface area contributed by atoms with Gasteiger partial charge in [0.15, 0.2) is 5.03 Å². The molecule has 0 unspecified atom stereocenters. The number of aryl methyl sites for hydroxylation is 1. The number of sulfonamides is 1. The zero-order valence-corrected chi connectivity index (χ0v) is 12.0. The highest BCUT2D eigenvalue weighted by atomic mass is 32.2. The lowest BCUT2D eigenvalue weighted by Gasteiger charge is -2.28. The molecule has 8 heteroatoms. The molecule has 7 nitrogen and oxygen atoms in total. The normalized spacial score (nSPS) is 20.1. The number of hydrogen-bond acceptors (Lipinski definition) is 5. The van der Waals surface area contributed by atoms with Crippen LogP contribution in [0.25, 0.3) is 0 Å². The first-order valence-corrected chi connectivity index (χ1v) is 8.05. The second kappa shape index (κ2) is 5.56. The molecule has 2 rings (SSSR count). The Labute approximate surface area is 113 Å². The Morgan fingerprint density at radius 1 is 1.37 bits per heavy atom. The molecule has 108 valence electrons. The summed E-state index contributed by atoms with van der Waals surface area (Å²) in [5, 5.41) is 7.26. The van der Waals surface area contributed by atoms with Crippen LogP contribution in [0.2, 0.25) is 0 Å². The molecular formula is C11H21N5O2S. The third-order valence-corrected chi connectivity index (χ3v) is 5.11. The summed E-state index contributed by atoms with van der Waals surface area (Å²) < 4.78 is 28.1. The highest BCUT2D eigenvalue weighted by Gasteiger charge is 2.29. The molecule has 1 saturated carbocycles. The Kier molecular flexibility index (Phi) is 4.22. The van der Waals surface area contributed by atoms with Crippen molar-refractivity contribution >= 4 is 10.0 Å². The summed E-state index contributed by atoms with van der Waals surface area (Å²) in [6.45, 7) is 0.264. The summed E-state index contributed by atoms with van der Waals surface area (Å²) in [4.78, 5) is 0. The Balaban J connectivity index is 2.03. The Hall–Kier alpha value is -0.990. The fourth-order valence-corrected chi connectivity index (χ4v) is 3.64. The van der Waals surface area contributed by atoms with E-state index in [1.807, 2.05) is 0 Å². The highest BCUT2D eigenvalue weighted by molar-refractivity contribution is 7.89. The van der Waals surface area contributed by atoms with Crippen LogP contribution < -0.4 is 10.5 Å². The minimum atomic E-state index is -3.59. The van der Waals surface area contributed by atoms with Crippen molar-refractivity contribution in [2.24, 2.45) is 12.8 Å². The molecule has 1 aliphatic carbocycles. The maximum Gasteiger partial charge on any atom is 0.259 e. The molecule has 1 aromatic heterocycles. The molecule has 19 heavy (non-hydrogen) atoms.